The lowest BCUT2D eigenvalue weighted by Crippen LogP contribution is -2.20. The summed E-state index contributed by atoms with van der Waals surface area (Å²) >= 11 is 1.46. The molecule has 3 heterocycles. The van der Waals surface area contributed by atoms with Gasteiger partial charge in [-0.15, -0.1) is 11.3 Å². The minimum Gasteiger partial charge on any atom is -0.453 e. The summed E-state index contributed by atoms with van der Waals surface area (Å²) < 4.78 is 41.3. The summed E-state index contributed by atoms with van der Waals surface area (Å²) in [4.78, 5) is 22.5. The lowest BCUT2D eigenvalue weighted by molar-refractivity contribution is 0.199. The summed E-state index contributed by atoms with van der Waals surface area (Å²) in [6, 6.07) is 14.1. The Morgan fingerprint density at radius 3 is 2.58 bits per heavy atom. The number of rotatable bonds is 11. The maximum Gasteiger partial charge on any atom is 0.323 e. The van der Waals surface area contributed by atoms with Crippen molar-refractivity contribution in [2.24, 2.45) is 7.05 Å². The van der Waals surface area contributed by atoms with E-state index < -0.39 is 19.0 Å². The van der Waals surface area contributed by atoms with Gasteiger partial charge in [0.15, 0.2) is 11.6 Å². The first kappa shape index (κ1) is 30.4. The van der Waals surface area contributed by atoms with Gasteiger partial charge in [0.05, 0.1) is 33.6 Å². The number of imidazole rings is 1. The van der Waals surface area contributed by atoms with Crippen LogP contribution in [0.3, 0.4) is 0 Å². The number of carbonyl (C=O) groups excluding carboxylic acids is 1. The van der Waals surface area contributed by atoms with E-state index in [1.165, 1.54) is 23.5 Å². The smallest absolute Gasteiger partial charge is 0.323 e. The molecule has 2 aromatic carbocycles. The van der Waals surface area contributed by atoms with E-state index in [9.17, 15) is 9.36 Å². The number of halogens is 1. The molecule has 3 N–H and O–H groups in total. The minimum atomic E-state index is -2.48. The van der Waals surface area contributed by atoms with E-state index in [2.05, 4.69) is 25.9 Å². The number of methoxy groups -OCH3 is 1. The van der Waals surface area contributed by atoms with Gasteiger partial charge in [-0.2, -0.15) is 0 Å². The van der Waals surface area contributed by atoms with Crippen LogP contribution < -0.4 is 26.0 Å². The lowest BCUT2D eigenvalue weighted by atomic mass is 10.3. The first-order valence-corrected chi connectivity index (χ1v) is 16.8. The molecule has 5 aromatic rings. The number of aromatic nitrogens is 3. The van der Waals surface area contributed by atoms with E-state index >= 15 is 4.39 Å². The van der Waals surface area contributed by atoms with Crippen LogP contribution in [-0.4, -0.2) is 54.2 Å². The fourth-order valence-corrected chi connectivity index (χ4v) is 6.32. The molecule has 2 amide bonds. The van der Waals surface area contributed by atoms with Crippen molar-refractivity contribution in [3.05, 3.63) is 78.5 Å². The molecule has 0 fully saturated rings. The molecule has 0 saturated heterocycles. The predicted molar refractivity (Wildman–Crippen MR) is 170 cm³/mol. The molecule has 3 aromatic heterocycles. The van der Waals surface area contributed by atoms with Gasteiger partial charge in [-0.1, -0.05) is 12.1 Å². The number of amides is 2. The molecule has 0 aliphatic rings. The zero-order valence-electron chi connectivity index (χ0n) is 24.2. The third kappa shape index (κ3) is 7.29. The van der Waals surface area contributed by atoms with Crippen LogP contribution in [0.15, 0.2) is 67.0 Å². The average molecular weight is 623 g/mol. The van der Waals surface area contributed by atoms with Crippen molar-refractivity contribution in [3.63, 3.8) is 0 Å². The Morgan fingerprint density at radius 2 is 1.84 bits per heavy atom. The fraction of sp³-hybridized carbons (Fsp3) is 0.233. The van der Waals surface area contributed by atoms with Crippen molar-refractivity contribution < 1.29 is 23.2 Å². The Bertz CT molecular complexity index is 1820. The highest BCUT2D eigenvalue weighted by Gasteiger charge is 2.17. The molecule has 0 aliphatic carbocycles. The van der Waals surface area contributed by atoms with Crippen molar-refractivity contribution in [3.8, 4) is 22.2 Å². The number of ether oxygens (including phenoxy) is 2. The van der Waals surface area contributed by atoms with Gasteiger partial charge in [0, 0.05) is 62.3 Å². The third-order valence-electron chi connectivity index (χ3n) is 6.61. The number of hydrogen-bond donors (Lipinski definition) is 3. The zero-order valence-corrected chi connectivity index (χ0v) is 25.9. The highest BCUT2D eigenvalue weighted by Crippen LogP contribution is 2.39. The monoisotopic (exact) mass is 622 g/mol. The summed E-state index contributed by atoms with van der Waals surface area (Å²) in [5.74, 6) is 0.610. The highest BCUT2D eigenvalue weighted by atomic mass is 32.1. The molecular weight excluding hydrogens is 590 g/mol. The number of benzene rings is 2. The summed E-state index contributed by atoms with van der Waals surface area (Å²) in [6.45, 7) is 5.35. The van der Waals surface area contributed by atoms with Crippen LogP contribution in [0, 0.1) is 5.82 Å². The van der Waals surface area contributed by atoms with Crippen LogP contribution in [0.25, 0.3) is 20.9 Å². The number of nitrogens with one attached hydrogen (secondary N) is 3. The molecule has 0 unspecified atom stereocenters. The van der Waals surface area contributed by atoms with E-state index in [1.54, 1.807) is 63.0 Å². The number of carbonyl (C=O) groups is 1. The van der Waals surface area contributed by atoms with Gasteiger partial charge in [0.2, 0.25) is 0 Å². The van der Waals surface area contributed by atoms with Gasteiger partial charge in [-0.25, -0.2) is 14.2 Å². The lowest BCUT2D eigenvalue weighted by Gasteiger charge is -2.12. The maximum absolute atomic E-state index is 15.1. The molecule has 0 spiro atoms. The van der Waals surface area contributed by atoms with Gasteiger partial charge >= 0.3 is 6.03 Å². The van der Waals surface area contributed by atoms with Crippen molar-refractivity contribution in [1.29, 1.82) is 0 Å². The Labute approximate surface area is 252 Å². The normalized spacial score (nSPS) is 11.6. The second-order valence-electron chi connectivity index (χ2n) is 10.2. The molecule has 5 rings (SSSR count). The first-order valence-electron chi connectivity index (χ1n) is 13.4. The second-order valence-corrected chi connectivity index (χ2v) is 14.4. The van der Waals surface area contributed by atoms with Gasteiger partial charge in [-0.05, 0) is 43.7 Å². The van der Waals surface area contributed by atoms with Crippen molar-refractivity contribution >= 4 is 51.4 Å². The van der Waals surface area contributed by atoms with Crippen LogP contribution >= 0.6 is 18.5 Å². The van der Waals surface area contributed by atoms with Crippen LogP contribution in [0.2, 0.25) is 0 Å². The SMILES string of the molecule is COCCNCc1cnc(-c2cc3nccc(Oc4ccc(NC(=O)Nc5cccc(P(C)(C)=O)c5)cc4F)c3s2)n1C. The molecule has 0 saturated carbocycles. The van der Waals surface area contributed by atoms with Gasteiger partial charge in [0.25, 0.3) is 0 Å². The third-order valence-corrected chi connectivity index (χ3v) is 9.26. The number of pyridine rings is 1. The Balaban J connectivity index is 1.28. The standard InChI is InChI=1S/C30H32FN6O4PS/c1-37-21(17-32-12-13-40-2)18-34-29(37)27-16-24-28(43-27)26(10-11-33-24)41-25-9-8-20(15-23(25)31)36-30(38)35-19-6-5-7-22(14-19)42(3,4)39/h5-11,14-16,18,32H,12-13,17H2,1-4H3,(H2,35,36,38). The number of thiophene rings is 1. The summed E-state index contributed by atoms with van der Waals surface area (Å²) in [5, 5.41) is 9.27. The Hall–Kier alpha value is -4.09. The topological polar surface area (TPSA) is 119 Å². The summed E-state index contributed by atoms with van der Waals surface area (Å²) in [5.41, 5.74) is 2.47. The zero-order chi connectivity index (χ0) is 30.6. The fourth-order valence-electron chi connectivity index (χ4n) is 4.33. The number of hydrogen-bond acceptors (Lipinski definition) is 8. The van der Waals surface area contributed by atoms with Crippen LogP contribution in [-0.2, 0) is 22.9 Å². The Morgan fingerprint density at radius 1 is 1.05 bits per heavy atom. The van der Waals surface area contributed by atoms with Crippen LogP contribution in [0.4, 0.5) is 20.6 Å². The molecule has 0 radical (unpaired) electrons. The van der Waals surface area contributed by atoms with Crippen LogP contribution in [0.5, 0.6) is 11.5 Å². The van der Waals surface area contributed by atoms with E-state index in [0.717, 1.165) is 27.6 Å². The summed E-state index contributed by atoms with van der Waals surface area (Å²) in [6.07, 6.45) is 3.45. The first-order chi connectivity index (χ1) is 20.6. The van der Waals surface area contributed by atoms with Crippen molar-refractivity contribution in [2.45, 2.75) is 6.54 Å². The molecule has 0 bridgehead atoms. The molecule has 224 valence electrons. The quantitative estimate of drug-likeness (QED) is 0.118. The number of fused-ring (bicyclic) bond motifs is 1. The predicted octanol–water partition coefficient (Wildman–Crippen LogP) is 6.26. The molecule has 0 aliphatic heterocycles. The molecule has 13 heteroatoms. The maximum atomic E-state index is 15.1. The highest BCUT2D eigenvalue weighted by molar-refractivity contribution is 7.70. The second kappa shape index (κ2) is 13.0. The average Bonchev–Trinajstić information content (AvgIpc) is 3.56. The van der Waals surface area contributed by atoms with Crippen molar-refractivity contribution in [1.82, 2.24) is 19.9 Å². The van der Waals surface area contributed by atoms with E-state index in [-0.39, 0.29) is 11.4 Å². The Kier molecular flexibility index (Phi) is 9.22. The largest absolute Gasteiger partial charge is 0.453 e. The molecular formula is C30H32FN6O4PS. The van der Waals surface area contributed by atoms with E-state index in [1.807, 2.05) is 23.9 Å². The van der Waals surface area contributed by atoms with Gasteiger partial charge in [0.1, 0.15) is 18.7 Å². The van der Waals surface area contributed by atoms with Crippen LogP contribution in [0.1, 0.15) is 5.69 Å². The summed E-state index contributed by atoms with van der Waals surface area (Å²) in [7, 11) is 1.15. The molecule has 43 heavy (non-hydrogen) atoms. The van der Waals surface area contributed by atoms with E-state index in [0.29, 0.717) is 35.4 Å². The minimum absolute atomic E-state index is 0.00386. The van der Waals surface area contributed by atoms with Gasteiger partial charge < -0.3 is 34.6 Å². The van der Waals surface area contributed by atoms with E-state index in [4.69, 9.17) is 9.47 Å². The molecule has 0 atom stereocenters. The van der Waals surface area contributed by atoms with Crippen molar-refractivity contribution in [2.75, 3.05) is 44.2 Å². The number of anilines is 2. The number of urea groups is 1. The number of nitrogens with zero attached hydrogens (tertiary/aromatic N) is 3. The molecule has 10 nitrogen and oxygen atoms in total. The van der Waals surface area contributed by atoms with Gasteiger partial charge in [-0.3, -0.25) is 4.98 Å².